The second-order valence-electron chi connectivity index (χ2n) is 6.45. The summed E-state index contributed by atoms with van der Waals surface area (Å²) in [5, 5.41) is 11.0. The molecule has 1 atom stereocenters. The van der Waals surface area contributed by atoms with Crippen LogP contribution in [0.15, 0.2) is 94.4 Å². The Morgan fingerprint density at radius 1 is 0.929 bits per heavy atom. The maximum Gasteiger partial charge on any atom is 0.142 e. The number of aliphatic imine (C=N–C) groups is 1. The third-order valence-corrected chi connectivity index (χ3v) is 6.08. The largest absolute Gasteiger partial charge is 0.265 e. The van der Waals surface area contributed by atoms with Gasteiger partial charge in [0.05, 0.1) is 11.8 Å². The molecule has 136 valence electrons. The number of thiophene rings is 1. The normalized spacial score (nSPS) is 11.7. The Morgan fingerprint density at radius 2 is 1.57 bits per heavy atom. The minimum atomic E-state index is -0.438. The summed E-state index contributed by atoms with van der Waals surface area (Å²) in [6.07, 6.45) is 0.608. The first kappa shape index (κ1) is 18.6. The second-order valence-corrected chi connectivity index (χ2v) is 8.54. The second kappa shape index (κ2) is 8.52. The summed E-state index contributed by atoms with van der Waals surface area (Å²) in [4.78, 5) is 6.04. The molecule has 1 aromatic heterocycles. The van der Waals surface area contributed by atoms with E-state index in [0.29, 0.717) is 6.42 Å². The molecule has 4 aromatic rings. The maximum atomic E-state index is 9.79. The van der Waals surface area contributed by atoms with Gasteiger partial charge in [-0.2, -0.15) is 5.26 Å². The molecule has 0 bridgehead atoms. The lowest BCUT2D eigenvalue weighted by atomic mass is 10.0. The molecule has 0 N–H and O–H groups in total. The number of rotatable bonds is 5. The Bertz CT molecular complexity index is 1120. The van der Waals surface area contributed by atoms with E-state index in [4.69, 9.17) is 4.99 Å². The molecule has 0 spiro atoms. The molecule has 2 nitrogen and oxygen atoms in total. The molecule has 1 heterocycles. The molecule has 28 heavy (non-hydrogen) atoms. The molecule has 0 aliphatic heterocycles. The summed E-state index contributed by atoms with van der Waals surface area (Å²) >= 11 is 5.25. The van der Waals surface area contributed by atoms with Crippen molar-refractivity contribution in [3.63, 3.8) is 0 Å². The molecule has 0 aliphatic rings. The van der Waals surface area contributed by atoms with Gasteiger partial charge in [-0.05, 0) is 29.7 Å². The van der Waals surface area contributed by atoms with Crippen molar-refractivity contribution in [1.29, 1.82) is 5.26 Å². The lowest BCUT2D eigenvalue weighted by Gasteiger charge is -2.10. The lowest BCUT2D eigenvalue weighted by Crippen LogP contribution is -2.12. The lowest BCUT2D eigenvalue weighted by molar-refractivity contribution is 0.837. The Kier molecular flexibility index (Phi) is 5.66. The highest BCUT2D eigenvalue weighted by Crippen LogP contribution is 2.29. The minimum Gasteiger partial charge on any atom is -0.265 e. The van der Waals surface area contributed by atoms with Crippen molar-refractivity contribution in [3.8, 4) is 6.07 Å². The van der Waals surface area contributed by atoms with Gasteiger partial charge in [-0.25, -0.2) is 0 Å². The zero-order valence-electron chi connectivity index (χ0n) is 15.0. The van der Waals surface area contributed by atoms with Gasteiger partial charge in [-0.3, -0.25) is 4.99 Å². The van der Waals surface area contributed by atoms with Crippen LogP contribution >= 0.6 is 27.3 Å². The monoisotopic (exact) mass is 444 g/mol. The van der Waals surface area contributed by atoms with Crippen LogP contribution in [0.3, 0.4) is 0 Å². The molecule has 0 saturated carbocycles. The van der Waals surface area contributed by atoms with E-state index in [9.17, 15) is 5.26 Å². The highest BCUT2D eigenvalue weighted by Gasteiger charge is 2.14. The van der Waals surface area contributed by atoms with Gasteiger partial charge >= 0.3 is 0 Å². The molecule has 0 saturated heterocycles. The van der Waals surface area contributed by atoms with E-state index in [2.05, 4.69) is 40.2 Å². The Hall–Kier alpha value is -2.74. The van der Waals surface area contributed by atoms with Gasteiger partial charge in [0.25, 0.3) is 0 Å². The fourth-order valence-corrected chi connectivity index (χ4v) is 4.60. The van der Waals surface area contributed by atoms with Gasteiger partial charge in [0, 0.05) is 31.6 Å². The number of hydrogen-bond acceptors (Lipinski definition) is 3. The summed E-state index contributed by atoms with van der Waals surface area (Å²) in [6.45, 7) is 0. The number of fused-ring (bicyclic) bond motifs is 1. The number of nitriles is 1. The van der Waals surface area contributed by atoms with Crippen LogP contribution in [-0.4, -0.2) is 11.8 Å². The molecule has 0 fully saturated rings. The van der Waals surface area contributed by atoms with Crippen molar-refractivity contribution >= 4 is 43.1 Å². The number of halogens is 1. The van der Waals surface area contributed by atoms with Crippen LogP contribution < -0.4 is 0 Å². The van der Waals surface area contributed by atoms with E-state index >= 15 is 0 Å². The third-order valence-electron chi connectivity index (χ3n) is 4.45. The predicted octanol–water partition coefficient (Wildman–Crippen LogP) is 6.64. The summed E-state index contributed by atoms with van der Waals surface area (Å²) in [5.74, 6) is 0. The maximum absolute atomic E-state index is 9.79. The molecule has 0 radical (unpaired) electrons. The quantitative estimate of drug-likeness (QED) is 0.318. The van der Waals surface area contributed by atoms with Crippen molar-refractivity contribution in [2.45, 2.75) is 12.5 Å². The first-order valence-corrected chi connectivity index (χ1v) is 10.6. The van der Waals surface area contributed by atoms with Gasteiger partial charge in [-0.15, -0.1) is 11.3 Å². The van der Waals surface area contributed by atoms with Crippen LogP contribution in [0.4, 0.5) is 0 Å². The van der Waals surface area contributed by atoms with Crippen molar-refractivity contribution in [1.82, 2.24) is 0 Å². The molecule has 3 aromatic carbocycles. The summed E-state index contributed by atoms with van der Waals surface area (Å²) in [6, 6.07) is 30.5. The van der Waals surface area contributed by atoms with Crippen LogP contribution in [0.2, 0.25) is 0 Å². The van der Waals surface area contributed by atoms with E-state index in [0.717, 1.165) is 21.3 Å². The Morgan fingerprint density at radius 3 is 2.18 bits per heavy atom. The van der Waals surface area contributed by atoms with E-state index in [1.807, 2.05) is 66.7 Å². The molecular weight excluding hydrogens is 428 g/mol. The standard InChI is InChI=1S/C24H17BrN2S/c25-20-11-12-23-19(13-20)14-22(28-23)15-21(16-26)27-24(17-7-3-1-4-8-17)18-9-5-2-6-10-18/h1-14,21H,15H2. The summed E-state index contributed by atoms with van der Waals surface area (Å²) in [7, 11) is 0. The Balaban J connectivity index is 1.70. The highest BCUT2D eigenvalue weighted by atomic mass is 79.9. The van der Waals surface area contributed by atoms with Crippen molar-refractivity contribution in [2.75, 3.05) is 0 Å². The van der Waals surface area contributed by atoms with E-state index < -0.39 is 6.04 Å². The Labute approximate surface area is 176 Å². The van der Waals surface area contributed by atoms with Crippen molar-refractivity contribution in [2.24, 2.45) is 4.99 Å². The first-order chi connectivity index (χ1) is 13.7. The van der Waals surface area contributed by atoms with Gasteiger partial charge < -0.3 is 0 Å². The van der Waals surface area contributed by atoms with Crippen LogP contribution in [-0.2, 0) is 6.42 Å². The minimum absolute atomic E-state index is 0.438. The summed E-state index contributed by atoms with van der Waals surface area (Å²) in [5.41, 5.74) is 2.90. The fourth-order valence-electron chi connectivity index (χ4n) is 3.14. The summed E-state index contributed by atoms with van der Waals surface area (Å²) < 4.78 is 2.29. The van der Waals surface area contributed by atoms with E-state index in [1.165, 1.54) is 15.0 Å². The fraction of sp³-hybridized carbons (Fsp3) is 0.0833. The molecule has 4 rings (SSSR count). The topological polar surface area (TPSA) is 36.1 Å². The molecule has 0 aliphatic carbocycles. The smallest absolute Gasteiger partial charge is 0.142 e. The van der Waals surface area contributed by atoms with Crippen molar-refractivity contribution in [3.05, 3.63) is 105 Å². The first-order valence-electron chi connectivity index (χ1n) is 8.99. The van der Waals surface area contributed by atoms with Gasteiger partial charge in [0.15, 0.2) is 0 Å². The molecular formula is C24H17BrN2S. The predicted molar refractivity (Wildman–Crippen MR) is 121 cm³/mol. The number of nitrogens with zero attached hydrogens (tertiary/aromatic N) is 2. The average molecular weight is 445 g/mol. The van der Waals surface area contributed by atoms with E-state index in [1.54, 1.807) is 11.3 Å². The number of benzene rings is 3. The van der Waals surface area contributed by atoms with Gasteiger partial charge in [0.1, 0.15) is 6.04 Å². The van der Waals surface area contributed by atoms with Crippen LogP contribution in [0.1, 0.15) is 16.0 Å². The zero-order valence-corrected chi connectivity index (χ0v) is 17.5. The van der Waals surface area contributed by atoms with Crippen LogP contribution in [0, 0.1) is 11.3 Å². The average Bonchev–Trinajstić information content (AvgIpc) is 3.13. The van der Waals surface area contributed by atoms with Crippen LogP contribution in [0.5, 0.6) is 0 Å². The third kappa shape index (κ3) is 4.22. The van der Waals surface area contributed by atoms with Gasteiger partial charge in [-0.1, -0.05) is 76.6 Å². The molecule has 4 heteroatoms. The molecule has 1 unspecified atom stereocenters. The van der Waals surface area contributed by atoms with E-state index in [-0.39, 0.29) is 0 Å². The SMILES string of the molecule is N#CC(Cc1cc2cc(Br)ccc2s1)N=C(c1ccccc1)c1ccccc1. The van der Waals surface area contributed by atoms with Gasteiger partial charge in [0.2, 0.25) is 0 Å². The van der Waals surface area contributed by atoms with Crippen LogP contribution in [0.25, 0.3) is 10.1 Å². The van der Waals surface area contributed by atoms with Crippen molar-refractivity contribution < 1.29 is 0 Å². The zero-order chi connectivity index (χ0) is 19.3. The highest BCUT2D eigenvalue weighted by molar-refractivity contribution is 9.10. The molecule has 0 amide bonds. The number of hydrogen-bond donors (Lipinski definition) is 0.